The highest BCUT2D eigenvalue weighted by molar-refractivity contribution is 5.89. The summed E-state index contributed by atoms with van der Waals surface area (Å²) >= 11 is 0. The summed E-state index contributed by atoms with van der Waals surface area (Å²) in [5, 5.41) is 3.04. The SMILES string of the molecule is Cc1ccc2cc3c(nc2c1)N(NC(=O)C(c1ccccc1)c1ccccc1)CC3. The number of nitrogens with one attached hydrogen (secondary N) is 1. The predicted molar refractivity (Wildman–Crippen MR) is 120 cm³/mol. The third-order valence-corrected chi connectivity index (χ3v) is 5.66. The number of fused-ring (bicyclic) bond motifs is 2. The van der Waals surface area contributed by atoms with E-state index in [1.807, 2.05) is 65.7 Å². The Morgan fingerprint density at radius 1 is 0.933 bits per heavy atom. The van der Waals surface area contributed by atoms with Gasteiger partial charge in [-0.25, -0.2) is 4.98 Å². The van der Waals surface area contributed by atoms with Crippen molar-refractivity contribution >= 4 is 22.6 Å². The summed E-state index contributed by atoms with van der Waals surface area (Å²) in [5.41, 5.74) is 8.40. The van der Waals surface area contributed by atoms with E-state index < -0.39 is 0 Å². The summed E-state index contributed by atoms with van der Waals surface area (Å²) in [7, 11) is 0. The van der Waals surface area contributed by atoms with Crippen LogP contribution in [-0.4, -0.2) is 17.4 Å². The van der Waals surface area contributed by atoms with Crippen molar-refractivity contribution in [2.24, 2.45) is 0 Å². The highest BCUT2D eigenvalue weighted by Gasteiger charge is 2.28. The van der Waals surface area contributed by atoms with Gasteiger partial charge in [0.2, 0.25) is 0 Å². The summed E-state index contributed by atoms with van der Waals surface area (Å²) in [5.74, 6) is 0.423. The van der Waals surface area contributed by atoms with E-state index in [0.29, 0.717) is 0 Å². The minimum absolute atomic E-state index is 0.0496. The molecule has 148 valence electrons. The molecule has 0 saturated heterocycles. The van der Waals surface area contributed by atoms with Crippen molar-refractivity contribution in [1.29, 1.82) is 0 Å². The lowest BCUT2D eigenvalue weighted by Crippen LogP contribution is -2.44. The predicted octanol–water partition coefficient (Wildman–Crippen LogP) is 4.77. The lowest BCUT2D eigenvalue weighted by Gasteiger charge is -2.24. The van der Waals surface area contributed by atoms with E-state index in [0.717, 1.165) is 40.8 Å². The number of benzene rings is 3. The van der Waals surface area contributed by atoms with Crippen molar-refractivity contribution in [3.05, 3.63) is 107 Å². The number of nitrogens with zero attached hydrogens (tertiary/aromatic N) is 2. The maximum absolute atomic E-state index is 13.4. The zero-order chi connectivity index (χ0) is 20.5. The van der Waals surface area contributed by atoms with Crippen molar-refractivity contribution in [1.82, 2.24) is 10.4 Å². The molecule has 4 aromatic rings. The molecule has 0 radical (unpaired) electrons. The second-order valence-corrected chi connectivity index (χ2v) is 7.80. The number of hydrazine groups is 1. The quantitative estimate of drug-likeness (QED) is 0.543. The van der Waals surface area contributed by atoms with Gasteiger partial charge in [0.05, 0.1) is 11.4 Å². The molecule has 0 atom stereocenters. The van der Waals surface area contributed by atoms with E-state index in [-0.39, 0.29) is 11.8 Å². The van der Waals surface area contributed by atoms with Gasteiger partial charge >= 0.3 is 0 Å². The van der Waals surface area contributed by atoms with E-state index in [4.69, 9.17) is 4.98 Å². The van der Waals surface area contributed by atoms with Gasteiger partial charge < -0.3 is 0 Å². The Hall–Kier alpha value is -3.66. The maximum atomic E-state index is 13.4. The first kappa shape index (κ1) is 18.4. The van der Waals surface area contributed by atoms with Crippen molar-refractivity contribution in [3.63, 3.8) is 0 Å². The second kappa shape index (κ2) is 7.64. The molecule has 2 heterocycles. The fourth-order valence-electron chi connectivity index (χ4n) is 4.16. The fraction of sp³-hybridized carbons (Fsp3) is 0.154. The first-order chi connectivity index (χ1) is 14.7. The van der Waals surface area contributed by atoms with Crippen LogP contribution >= 0.6 is 0 Å². The van der Waals surface area contributed by atoms with Crippen LogP contribution in [0.2, 0.25) is 0 Å². The van der Waals surface area contributed by atoms with Gasteiger partial charge in [-0.2, -0.15) is 0 Å². The molecule has 1 aromatic heterocycles. The van der Waals surface area contributed by atoms with Gasteiger partial charge in [-0.1, -0.05) is 72.8 Å². The molecule has 0 aliphatic carbocycles. The zero-order valence-electron chi connectivity index (χ0n) is 16.9. The number of aromatic nitrogens is 1. The molecule has 0 unspecified atom stereocenters. The van der Waals surface area contributed by atoms with Crippen molar-refractivity contribution in [2.75, 3.05) is 11.6 Å². The fourth-order valence-corrected chi connectivity index (χ4v) is 4.16. The van der Waals surface area contributed by atoms with E-state index in [1.165, 1.54) is 11.1 Å². The van der Waals surface area contributed by atoms with E-state index in [1.54, 1.807) is 0 Å². The first-order valence-electron chi connectivity index (χ1n) is 10.3. The van der Waals surface area contributed by atoms with Gasteiger partial charge in [0.15, 0.2) is 5.82 Å². The number of rotatable bonds is 4. The largest absolute Gasteiger partial charge is 0.272 e. The van der Waals surface area contributed by atoms with Gasteiger partial charge in [0, 0.05) is 11.9 Å². The highest BCUT2D eigenvalue weighted by atomic mass is 16.2. The molecule has 4 nitrogen and oxygen atoms in total. The molecule has 1 amide bonds. The smallest absolute Gasteiger partial charge is 0.250 e. The number of carbonyl (C=O) groups excluding carboxylic acids is 1. The molecule has 1 aliphatic heterocycles. The molecule has 1 aliphatic rings. The summed E-state index contributed by atoms with van der Waals surface area (Å²) in [6.07, 6.45) is 0.869. The molecular formula is C26H23N3O. The summed E-state index contributed by atoms with van der Waals surface area (Å²) in [6, 6.07) is 28.3. The molecule has 1 N–H and O–H groups in total. The summed E-state index contributed by atoms with van der Waals surface area (Å²) < 4.78 is 0. The highest BCUT2D eigenvalue weighted by Crippen LogP contribution is 2.30. The number of hydrogen-bond acceptors (Lipinski definition) is 3. The molecule has 5 rings (SSSR count). The van der Waals surface area contributed by atoms with Crippen LogP contribution in [0.3, 0.4) is 0 Å². The van der Waals surface area contributed by atoms with Gasteiger partial charge in [-0.05, 0) is 47.7 Å². The lowest BCUT2D eigenvalue weighted by molar-refractivity contribution is -0.121. The van der Waals surface area contributed by atoms with Crippen LogP contribution in [0.25, 0.3) is 10.9 Å². The topological polar surface area (TPSA) is 45.2 Å². The maximum Gasteiger partial charge on any atom is 0.250 e. The van der Waals surface area contributed by atoms with Crippen molar-refractivity contribution in [3.8, 4) is 0 Å². The van der Waals surface area contributed by atoms with E-state index >= 15 is 0 Å². The van der Waals surface area contributed by atoms with Gasteiger partial charge in [0.25, 0.3) is 5.91 Å². The third kappa shape index (κ3) is 3.41. The Balaban J connectivity index is 1.47. The van der Waals surface area contributed by atoms with Crippen molar-refractivity contribution in [2.45, 2.75) is 19.3 Å². The van der Waals surface area contributed by atoms with Gasteiger partial charge in [-0.3, -0.25) is 15.2 Å². The average molecular weight is 393 g/mol. The third-order valence-electron chi connectivity index (χ3n) is 5.66. The van der Waals surface area contributed by atoms with Crippen LogP contribution in [0, 0.1) is 6.92 Å². The Morgan fingerprint density at radius 2 is 1.60 bits per heavy atom. The van der Waals surface area contributed by atoms with Crippen LogP contribution in [0.15, 0.2) is 84.9 Å². The Kier molecular flexibility index (Phi) is 4.68. The van der Waals surface area contributed by atoms with Crippen LogP contribution in [0.5, 0.6) is 0 Å². The van der Waals surface area contributed by atoms with E-state index in [9.17, 15) is 4.79 Å². The average Bonchev–Trinajstić information content (AvgIpc) is 3.15. The van der Waals surface area contributed by atoms with Crippen molar-refractivity contribution < 1.29 is 4.79 Å². The number of carbonyl (C=O) groups is 1. The Bertz CT molecular complexity index is 1170. The minimum Gasteiger partial charge on any atom is -0.272 e. The Morgan fingerprint density at radius 3 is 2.27 bits per heavy atom. The van der Waals surface area contributed by atoms with Gasteiger partial charge in [0.1, 0.15) is 0 Å². The summed E-state index contributed by atoms with van der Waals surface area (Å²) in [4.78, 5) is 18.3. The molecule has 0 bridgehead atoms. The number of pyridine rings is 1. The Labute approximate surface area is 176 Å². The normalized spacial score (nSPS) is 12.9. The molecule has 0 spiro atoms. The molecule has 30 heavy (non-hydrogen) atoms. The van der Waals surface area contributed by atoms with Crippen LogP contribution in [0.1, 0.15) is 28.2 Å². The molecule has 0 saturated carbocycles. The second-order valence-electron chi connectivity index (χ2n) is 7.80. The lowest BCUT2D eigenvalue weighted by atomic mass is 9.91. The number of anilines is 1. The number of amides is 1. The molecule has 0 fully saturated rings. The molecule has 4 heteroatoms. The standard InChI is InChI=1S/C26H23N3O/c1-18-12-13-21-17-22-14-15-29(25(22)27-23(21)16-18)28-26(30)24(19-8-4-2-5-9-19)20-10-6-3-7-11-20/h2-13,16-17,24H,14-15H2,1H3,(H,28,30). The molecule has 3 aromatic carbocycles. The molecular weight excluding hydrogens is 370 g/mol. The van der Waals surface area contributed by atoms with E-state index in [2.05, 4.69) is 36.6 Å². The van der Waals surface area contributed by atoms with Crippen LogP contribution in [-0.2, 0) is 11.2 Å². The van der Waals surface area contributed by atoms with Crippen LogP contribution < -0.4 is 10.4 Å². The minimum atomic E-state index is -0.376. The van der Waals surface area contributed by atoms with Crippen LogP contribution in [0.4, 0.5) is 5.82 Å². The summed E-state index contributed by atoms with van der Waals surface area (Å²) in [6.45, 7) is 2.79. The van der Waals surface area contributed by atoms with Gasteiger partial charge in [-0.15, -0.1) is 0 Å². The monoisotopic (exact) mass is 393 g/mol. The number of aryl methyl sites for hydroxylation is 1. The zero-order valence-corrected chi connectivity index (χ0v) is 16.9. The number of hydrogen-bond donors (Lipinski definition) is 1. The first-order valence-corrected chi connectivity index (χ1v) is 10.3.